The molecule has 5 nitrogen and oxygen atoms in total. The van der Waals surface area contributed by atoms with Crippen LogP contribution in [0.5, 0.6) is 0 Å². The van der Waals surface area contributed by atoms with Crippen LogP contribution in [0, 0.1) is 12.7 Å². The van der Waals surface area contributed by atoms with E-state index >= 15 is 0 Å². The van der Waals surface area contributed by atoms with Crippen molar-refractivity contribution in [2.45, 2.75) is 6.92 Å². The van der Waals surface area contributed by atoms with E-state index in [4.69, 9.17) is 0 Å². The first kappa shape index (κ1) is 16.1. The molecule has 1 aliphatic heterocycles. The highest BCUT2D eigenvalue weighted by Gasteiger charge is 2.24. The van der Waals surface area contributed by atoms with Crippen molar-refractivity contribution in [1.29, 1.82) is 0 Å². The fourth-order valence-electron chi connectivity index (χ4n) is 2.33. The molecule has 0 unspecified atom stereocenters. The van der Waals surface area contributed by atoms with Crippen LogP contribution < -0.4 is 0 Å². The van der Waals surface area contributed by atoms with Crippen molar-refractivity contribution in [1.82, 2.24) is 9.21 Å². The van der Waals surface area contributed by atoms with Gasteiger partial charge in [0.2, 0.25) is 10.0 Å². The van der Waals surface area contributed by atoms with Crippen LogP contribution in [0.2, 0.25) is 0 Å². The Balaban J connectivity index is 1.94. The number of rotatable bonds is 4. The van der Waals surface area contributed by atoms with Gasteiger partial charge in [0.05, 0.1) is 12.8 Å². The summed E-state index contributed by atoms with van der Waals surface area (Å²) in [6, 6.07) is 4.33. The van der Waals surface area contributed by atoms with Gasteiger partial charge in [0, 0.05) is 31.7 Å². The topological polar surface area (TPSA) is 57.7 Å². The number of hydrogen-bond acceptors (Lipinski definition) is 4. The molecule has 1 saturated heterocycles. The quantitative estimate of drug-likeness (QED) is 0.775. The molecule has 2 rings (SSSR count). The van der Waals surface area contributed by atoms with Crippen LogP contribution in [0.1, 0.15) is 15.9 Å². The van der Waals surface area contributed by atoms with Gasteiger partial charge in [-0.15, -0.1) is 0 Å². The average molecular weight is 314 g/mol. The Kier molecular flexibility index (Phi) is 4.75. The molecule has 7 heteroatoms. The molecule has 0 aromatic heterocycles. The highest BCUT2D eigenvalue weighted by atomic mass is 32.2. The monoisotopic (exact) mass is 314 g/mol. The average Bonchev–Trinajstić information content (AvgIpc) is 2.41. The third-order valence-corrected chi connectivity index (χ3v) is 4.95. The maximum absolute atomic E-state index is 13.2. The van der Waals surface area contributed by atoms with E-state index in [0.29, 0.717) is 37.3 Å². The standard InChI is InChI=1S/C14H19FN2O3S/c1-11-9-12(3-4-13(11)15)14(18)10-16-5-7-17(8-6-16)21(2,19)20/h3-4,9H,5-8,10H2,1-2H3. The number of piperazine rings is 1. The highest BCUT2D eigenvalue weighted by Crippen LogP contribution is 2.12. The number of hydrogen-bond donors (Lipinski definition) is 0. The maximum Gasteiger partial charge on any atom is 0.211 e. The Hall–Kier alpha value is -1.31. The number of carbonyl (C=O) groups excluding carboxylic acids is 1. The number of aryl methyl sites for hydroxylation is 1. The highest BCUT2D eigenvalue weighted by molar-refractivity contribution is 7.88. The van der Waals surface area contributed by atoms with Crippen LogP contribution in [-0.4, -0.2) is 62.4 Å². The minimum atomic E-state index is -3.16. The largest absolute Gasteiger partial charge is 0.293 e. The van der Waals surface area contributed by atoms with E-state index in [2.05, 4.69) is 0 Å². The molecule has 1 heterocycles. The number of ketones is 1. The van der Waals surface area contributed by atoms with E-state index in [0.717, 1.165) is 0 Å². The van der Waals surface area contributed by atoms with Gasteiger partial charge in [-0.2, -0.15) is 4.31 Å². The molecule has 0 aliphatic carbocycles. The summed E-state index contributed by atoms with van der Waals surface area (Å²) in [5.74, 6) is -0.403. The zero-order valence-corrected chi connectivity index (χ0v) is 13.0. The summed E-state index contributed by atoms with van der Waals surface area (Å²) in [6.45, 7) is 3.70. The fraction of sp³-hybridized carbons (Fsp3) is 0.500. The molecule has 0 spiro atoms. The predicted molar refractivity (Wildman–Crippen MR) is 78.3 cm³/mol. The van der Waals surface area contributed by atoms with Gasteiger partial charge in [0.15, 0.2) is 5.78 Å². The van der Waals surface area contributed by atoms with E-state index in [1.54, 1.807) is 13.0 Å². The zero-order chi connectivity index (χ0) is 15.6. The lowest BCUT2D eigenvalue weighted by molar-refractivity contribution is 0.0902. The van der Waals surface area contributed by atoms with E-state index in [1.807, 2.05) is 4.90 Å². The smallest absolute Gasteiger partial charge is 0.211 e. The summed E-state index contributed by atoms with van der Waals surface area (Å²) in [6.07, 6.45) is 1.19. The minimum absolute atomic E-state index is 0.0779. The Morgan fingerprint density at radius 3 is 2.38 bits per heavy atom. The molecule has 116 valence electrons. The fourth-order valence-corrected chi connectivity index (χ4v) is 3.16. The van der Waals surface area contributed by atoms with Crippen molar-refractivity contribution in [2.24, 2.45) is 0 Å². The second-order valence-corrected chi connectivity index (χ2v) is 7.31. The van der Waals surface area contributed by atoms with E-state index in [1.165, 1.54) is 22.7 Å². The summed E-state index contributed by atoms with van der Waals surface area (Å²) in [5, 5.41) is 0. The first-order valence-corrected chi connectivity index (χ1v) is 8.59. The second kappa shape index (κ2) is 6.21. The molecule has 1 aromatic carbocycles. The first-order valence-electron chi connectivity index (χ1n) is 6.74. The summed E-state index contributed by atoms with van der Waals surface area (Å²) < 4.78 is 37.4. The lowest BCUT2D eigenvalue weighted by atomic mass is 10.1. The summed E-state index contributed by atoms with van der Waals surface area (Å²) in [7, 11) is -3.16. The van der Waals surface area contributed by atoms with Gasteiger partial charge in [-0.1, -0.05) is 0 Å². The lowest BCUT2D eigenvalue weighted by Gasteiger charge is -2.32. The minimum Gasteiger partial charge on any atom is -0.293 e. The maximum atomic E-state index is 13.2. The van der Waals surface area contributed by atoms with Crippen LogP contribution in [0.25, 0.3) is 0 Å². The third kappa shape index (κ3) is 4.09. The number of nitrogens with zero attached hydrogens (tertiary/aromatic N) is 2. The van der Waals surface area contributed by atoms with Crippen molar-refractivity contribution in [3.63, 3.8) is 0 Å². The molecule has 0 atom stereocenters. The van der Waals surface area contributed by atoms with Gasteiger partial charge in [-0.3, -0.25) is 9.69 Å². The predicted octanol–water partition coefficient (Wildman–Crippen LogP) is 0.894. The summed E-state index contributed by atoms with van der Waals surface area (Å²) in [4.78, 5) is 14.1. The molecule has 21 heavy (non-hydrogen) atoms. The number of halogens is 1. The third-order valence-electron chi connectivity index (χ3n) is 3.65. The van der Waals surface area contributed by atoms with Crippen LogP contribution in [0.3, 0.4) is 0 Å². The number of sulfonamides is 1. The van der Waals surface area contributed by atoms with Crippen molar-refractivity contribution in [2.75, 3.05) is 39.0 Å². The SMILES string of the molecule is Cc1cc(C(=O)CN2CCN(S(C)(=O)=O)CC2)ccc1F. The lowest BCUT2D eigenvalue weighted by Crippen LogP contribution is -2.49. The number of carbonyl (C=O) groups is 1. The van der Waals surface area contributed by atoms with Crippen molar-refractivity contribution < 1.29 is 17.6 Å². The summed E-state index contributed by atoms with van der Waals surface area (Å²) >= 11 is 0. The van der Waals surface area contributed by atoms with Crippen molar-refractivity contribution >= 4 is 15.8 Å². The van der Waals surface area contributed by atoms with Gasteiger partial charge in [-0.05, 0) is 30.7 Å². The van der Waals surface area contributed by atoms with E-state index < -0.39 is 10.0 Å². The Morgan fingerprint density at radius 2 is 1.86 bits per heavy atom. The Morgan fingerprint density at radius 1 is 1.24 bits per heavy atom. The Bertz CT molecular complexity index is 638. The van der Waals surface area contributed by atoms with E-state index in [-0.39, 0.29) is 18.1 Å². The number of Topliss-reactive ketones (excluding diaryl/α,β-unsaturated/α-hetero) is 1. The zero-order valence-electron chi connectivity index (χ0n) is 12.2. The first-order chi connectivity index (χ1) is 9.77. The van der Waals surface area contributed by atoms with Gasteiger partial charge in [-0.25, -0.2) is 12.8 Å². The van der Waals surface area contributed by atoms with E-state index in [9.17, 15) is 17.6 Å². The molecule has 1 aromatic rings. The van der Waals surface area contributed by atoms with Crippen molar-refractivity contribution in [3.05, 3.63) is 35.1 Å². The van der Waals surface area contributed by atoms with Crippen LogP contribution >= 0.6 is 0 Å². The molecule has 0 radical (unpaired) electrons. The molecule has 0 N–H and O–H groups in total. The van der Waals surface area contributed by atoms with Crippen LogP contribution in [-0.2, 0) is 10.0 Å². The normalized spacial score (nSPS) is 17.9. The van der Waals surface area contributed by atoms with Crippen LogP contribution in [0.15, 0.2) is 18.2 Å². The molecular formula is C14H19FN2O3S. The van der Waals surface area contributed by atoms with Crippen molar-refractivity contribution in [3.8, 4) is 0 Å². The second-order valence-electron chi connectivity index (χ2n) is 5.33. The molecule has 0 bridgehead atoms. The van der Waals surface area contributed by atoms with Gasteiger partial charge in [0.1, 0.15) is 5.82 Å². The molecule has 0 amide bonds. The molecule has 0 saturated carbocycles. The van der Waals surface area contributed by atoms with Crippen LogP contribution in [0.4, 0.5) is 4.39 Å². The van der Waals surface area contributed by atoms with Gasteiger partial charge < -0.3 is 0 Å². The number of benzene rings is 1. The molecular weight excluding hydrogens is 295 g/mol. The molecule has 1 aliphatic rings. The van der Waals surface area contributed by atoms with Gasteiger partial charge >= 0.3 is 0 Å². The van der Waals surface area contributed by atoms with Gasteiger partial charge in [0.25, 0.3) is 0 Å². The Labute approximate surface area is 124 Å². The summed E-state index contributed by atoms with van der Waals surface area (Å²) in [5.41, 5.74) is 0.933. The molecule has 1 fully saturated rings.